The minimum absolute atomic E-state index is 0.00935. The van der Waals surface area contributed by atoms with Crippen LogP contribution < -0.4 is 20.3 Å². The van der Waals surface area contributed by atoms with Crippen molar-refractivity contribution in [3.05, 3.63) is 64.9 Å². The van der Waals surface area contributed by atoms with E-state index >= 15 is 0 Å². The fourth-order valence-electron chi connectivity index (χ4n) is 2.60. The van der Waals surface area contributed by atoms with E-state index in [1.54, 1.807) is 29.6 Å². The molecule has 0 saturated heterocycles. The number of carbonyl (C=O) groups excluding carboxylic acids is 2. The monoisotopic (exact) mass is 429 g/mol. The first-order valence-corrected chi connectivity index (χ1v) is 9.98. The molecule has 7 nitrogen and oxygen atoms in total. The van der Waals surface area contributed by atoms with Crippen LogP contribution in [-0.2, 0) is 11.2 Å². The van der Waals surface area contributed by atoms with Gasteiger partial charge in [0.15, 0.2) is 11.5 Å². The molecule has 0 fully saturated rings. The molecular weight excluding hydrogens is 409 g/mol. The molecule has 0 saturated carbocycles. The van der Waals surface area contributed by atoms with Gasteiger partial charge in [-0.15, -0.1) is 11.3 Å². The summed E-state index contributed by atoms with van der Waals surface area (Å²) in [7, 11) is 1.48. The van der Waals surface area contributed by atoms with Crippen molar-refractivity contribution >= 4 is 23.2 Å². The Bertz CT molecular complexity index is 1040. The van der Waals surface area contributed by atoms with E-state index in [-0.39, 0.29) is 12.2 Å². The van der Waals surface area contributed by atoms with Crippen molar-refractivity contribution in [3.8, 4) is 22.1 Å². The van der Waals surface area contributed by atoms with Gasteiger partial charge >= 0.3 is 0 Å². The fraction of sp³-hybridized carbons (Fsp3) is 0.190. The van der Waals surface area contributed by atoms with Crippen LogP contribution in [0.25, 0.3) is 10.6 Å². The van der Waals surface area contributed by atoms with Gasteiger partial charge in [0.1, 0.15) is 10.8 Å². The number of hydrazine groups is 1. The van der Waals surface area contributed by atoms with E-state index < -0.39 is 11.8 Å². The topological polar surface area (TPSA) is 89.6 Å². The number of halogens is 1. The maximum absolute atomic E-state index is 13.0. The molecule has 1 heterocycles. The lowest BCUT2D eigenvalue weighted by Crippen LogP contribution is -2.42. The van der Waals surface area contributed by atoms with Crippen molar-refractivity contribution in [2.45, 2.75) is 13.3 Å². The van der Waals surface area contributed by atoms with Gasteiger partial charge < -0.3 is 9.47 Å². The van der Waals surface area contributed by atoms with Crippen LogP contribution in [0, 0.1) is 5.82 Å². The highest BCUT2D eigenvalue weighted by molar-refractivity contribution is 7.13. The second-order valence-electron chi connectivity index (χ2n) is 6.13. The molecule has 2 amide bonds. The predicted octanol–water partition coefficient (Wildman–Crippen LogP) is 3.36. The van der Waals surface area contributed by atoms with Gasteiger partial charge in [-0.1, -0.05) is 0 Å². The number of nitrogens with one attached hydrogen (secondary N) is 2. The minimum atomic E-state index is -0.491. The highest BCUT2D eigenvalue weighted by Gasteiger charge is 2.13. The van der Waals surface area contributed by atoms with Gasteiger partial charge in [0.25, 0.3) is 5.91 Å². The van der Waals surface area contributed by atoms with E-state index in [1.165, 1.54) is 36.6 Å². The molecule has 1 aromatic heterocycles. The number of thiazole rings is 1. The van der Waals surface area contributed by atoms with Gasteiger partial charge in [-0.25, -0.2) is 9.37 Å². The summed E-state index contributed by atoms with van der Waals surface area (Å²) in [6.07, 6.45) is -0.00935. The number of benzene rings is 2. The zero-order valence-electron chi connectivity index (χ0n) is 16.4. The summed E-state index contributed by atoms with van der Waals surface area (Å²) in [5, 5.41) is 2.43. The Labute approximate surface area is 176 Å². The standard InChI is InChI=1S/C21H20FN3O4S/c1-3-29-17-9-6-14(10-18(17)28-2)20(27)25-24-19(26)11-16-12-30-21(23-16)13-4-7-15(22)8-5-13/h4-10,12H,3,11H2,1-2H3,(H,24,26)(H,25,27). The smallest absolute Gasteiger partial charge is 0.269 e. The number of aromatic nitrogens is 1. The Morgan fingerprint density at radius 3 is 2.57 bits per heavy atom. The van der Waals surface area contributed by atoms with Crippen LogP contribution in [0.2, 0.25) is 0 Å². The average molecular weight is 429 g/mol. The van der Waals surface area contributed by atoms with Crippen molar-refractivity contribution in [1.29, 1.82) is 0 Å². The molecule has 30 heavy (non-hydrogen) atoms. The molecule has 156 valence electrons. The molecule has 0 aliphatic rings. The van der Waals surface area contributed by atoms with Crippen LogP contribution in [0.3, 0.4) is 0 Å². The largest absolute Gasteiger partial charge is 0.493 e. The summed E-state index contributed by atoms with van der Waals surface area (Å²) in [6.45, 7) is 2.32. The molecule has 2 aromatic carbocycles. The van der Waals surface area contributed by atoms with E-state index in [1.807, 2.05) is 6.92 Å². The molecule has 3 rings (SSSR count). The van der Waals surface area contributed by atoms with Crippen molar-refractivity contribution < 1.29 is 23.5 Å². The number of methoxy groups -OCH3 is 1. The number of hydrogen-bond acceptors (Lipinski definition) is 6. The van der Waals surface area contributed by atoms with E-state index in [9.17, 15) is 14.0 Å². The second kappa shape index (κ2) is 9.84. The maximum Gasteiger partial charge on any atom is 0.269 e. The number of ether oxygens (including phenoxy) is 2. The molecule has 0 unspecified atom stereocenters. The van der Waals surface area contributed by atoms with Gasteiger partial charge in [-0.2, -0.15) is 0 Å². The Morgan fingerprint density at radius 2 is 1.87 bits per heavy atom. The molecule has 0 radical (unpaired) electrons. The van der Waals surface area contributed by atoms with Gasteiger partial charge in [-0.05, 0) is 49.4 Å². The summed E-state index contributed by atoms with van der Waals surface area (Å²) in [5.41, 5.74) is 6.36. The zero-order chi connectivity index (χ0) is 21.5. The molecule has 0 bridgehead atoms. The van der Waals surface area contributed by atoms with E-state index in [4.69, 9.17) is 9.47 Å². The van der Waals surface area contributed by atoms with Crippen molar-refractivity contribution in [2.75, 3.05) is 13.7 Å². The Hall–Kier alpha value is -3.46. The summed E-state index contributed by atoms with van der Waals surface area (Å²) < 4.78 is 23.7. The molecule has 0 atom stereocenters. The first-order chi connectivity index (χ1) is 14.5. The fourth-order valence-corrected chi connectivity index (χ4v) is 3.43. The lowest BCUT2D eigenvalue weighted by molar-refractivity contribution is -0.121. The Balaban J connectivity index is 1.56. The molecule has 0 aliphatic heterocycles. The highest BCUT2D eigenvalue weighted by atomic mass is 32.1. The SMILES string of the molecule is CCOc1ccc(C(=O)NNC(=O)Cc2csc(-c3ccc(F)cc3)n2)cc1OC. The summed E-state index contributed by atoms with van der Waals surface area (Å²) in [6, 6.07) is 10.7. The predicted molar refractivity (Wildman–Crippen MR) is 111 cm³/mol. The molecule has 0 spiro atoms. The summed E-state index contributed by atoms with van der Waals surface area (Å²) in [5.74, 6) is -0.282. The lowest BCUT2D eigenvalue weighted by atomic mass is 10.2. The van der Waals surface area contributed by atoms with Gasteiger partial charge in [0.2, 0.25) is 5.91 Å². The van der Waals surface area contributed by atoms with E-state index in [2.05, 4.69) is 15.8 Å². The maximum atomic E-state index is 13.0. The second-order valence-corrected chi connectivity index (χ2v) is 6.99. The van der Waals surface area contributed by atoms with Crippen LogP contribution in [0.4, 0.5) is 4.39 Å². The molecule has 9 heteroatoms. The van der Waals surface area contributed by atoms with Crippen LogP contribution in [-0.4, -0.2) is 30.5 Å². The third kappa shape index (κ3) is 5.32. The average Bonchev–Trinajstić information content (AvgIpc) is 3.21. The number of amides is 2. The number of nitrogens with zero attached hydrogens (tertiary/aromatic N) is 1. The summed E-state index contributed by atoms with van der Waals surface area (Å²) >= 11 is 1.35. The van der Waals surface area contributed by atoms with Crippen molar-refractivity contribution in [3.63, 3.8) is 0 Å². The summed E-state index contributed by atoms with van der Waals surface area (Å²) in [4.78, 5) is 28.8. The van der Waals surface area contributed by atoms with Crippen molar-refractivity contribution in [1.82, 2.24) is 15.8 Å². The first kappa shape index (κ1) is 21.3. The van der Waals surface area contributed by atoms with Crippen molar-refractivity contribution in [2.24, 2.45) is 0 Å². The van der Waals surface area contributed by atoms with E-state index in [0.29, 0.717) is 34.4 Å². The van der Waals surface area contributed by atoms with Gasteiger partial charge in [0.05, 0.1) is 25.8 Å². The van der Waals surface area contributed by atoms with Crippen LogP contribution >= 0.6 is 11.3 Å². The Morgan fingerprint density at radius 1 is 1.10 bits per heavy atom. The van der Waals surface area contributed by atoms with Gasteiger partial charge in [-0.3, -0.25) is 20.4 Å². The normalized spacial score (nSPS) is 10.4. The Kier molecular flexibility index (Phi) is 6.97. The van der Waals surface area contributed by atoms with Crippen LogP contribution in [0.15, 0.2) is 47.8 Å². The quantitative estimate of drug-likeness (QED) is 0.562. The third-order valence-electron chi connectivity index (χ3n) is 4.03. The highest BCUT2D eigenvalue weighted by Crippen LogP contribution is 2.28. The number of carbonyl (C=O) groups is 2. The van der Waals surface area contributed by atoms with E-state index in [0.717, 1.165) is 5.56 Å². The molecule has 3 aromatic rings. The molecule has 0 aliphatic carbocycles. The van der Waals surface area contributed by atoms with Crippen LogP contribution in [0.5, 0.6) is 11.5 Å². The molecule has 2 N–H and O–H groups in total. The number of rotatable bonds is 7. The lowest BCUT2D eigenvalue weighted by Gasteiger charge is -2.11. The third-order valence-corrected chi connectivity index (χ3v) is 4.97. The minimum Gasteiger partial charge on any atom is -0.493 e. The molecular formula is C21H20FN3O4S. The zero-order valence-corrected chi connectivity index (χ0v) is 17.2. The number of hydrogen-bond donors (Lipinski definition) is 2. The first-order valence-electron chi connectivity index (χ1n) is 9.10. The van der Waals surface area contributed by atoms with Gasteiger partial charge in [0, 0.05) is 16.5 Å². The van der Waals surface area contributed by atoms with Crippen LogP contribution in [0.1, 0.15) is 23.0 Å².